The summed E-state index contributed by atoms with van der Waals surface area (Å²) < 4.78 is 4.95. The Morgan fingerprint density at radius 3 is 2.52 bits per heavy atom. The van der Waals surface area contributed by atoms with E-state index in [1.54, 1.807) is 24.3 Å². The molecule has 1 unspecified atom stereocenters. The number of rotatable bonds is 8. The second kappa shape index (κ2) is 10.6. The first kappa shape index (κ1) is 22.4. The summed E-state index contributed by atoms with van der Waals surface area (Å²) >= 11 is 1.42. The van der Waals surface area contributed by atoms with Crippen molar-refractivity contribution in [3.05, 3.63) is 65.7 Å². The summed E-state index contributed by atoms with van der Waals surface area (Å²) in [4.78, 5) is 49.7. The van der Waals surface area contributed by atoms with Gasteiger partial charge in [0.25, 0.3) is 11.8 Å². The van der Waals surface area contributed by atoms with E-state index >= 15 is 0 Å². The zero-order valence-corrected chi connectivity index (χ0v) is 17.8. The number of hydrogen-bond acceptors (Lipinski definition) is 6. The predicted octanol–water partition coefficient (Wildman–Crippen LogP) is 2.19. The standard InChI is InChI=1S/C22H23N3O5S/c1-15(16-7-3-2-4-8-16)23-22(29)17-9-5-6-10-18(17)24-19(26)12-30-21(28)11-25-14-31-13-20(25)27/h2-10,15H,11-14H2,1H3,(H,23,29)(H,24,26). The maximum absolute atomic E-state index is 12.7. The minimum absolute atomic E-state index is 0.129. The van der Waals surface area contributed by atoms with Gasteiger partial charge < -0.3 is 20.3 Å². The zero-order chi connectivity index (χ0) is 22.2. The summed E-state index contributed by atoms with van der Waals surface area (Å²) in [5.41, 5.74) is 1.57. The van der Waals surface area contributed by atoms with Gasteiger partial charge in [0.1, 0.15) is 6.54 Å². The van der Waals surface area contributed by atoms with Gasteiger partial charge in [-0.05, 0) is 24.6 Å². The van der Waals surface area contributed by atoms with E-state index in [2.05, 4.69) is 10.6 Å². The molecule has 8 nitrogen and oxygen atoms in total. The highest BCUT2D eigenvalue weighted by atomic mass is 32.2. The smallest absolute Gasteiger partial charge is 0.326 e. The van der Waals surface area contributed by atoms with E-state index in [0.717, 1.165) is 5.56 Å². The van der Waals surface area contributed by atoms with E-state index in [1.165, 1.54) is 16.7 Å². The van der Waals surface area contributed by atoms with E-state index in [-0.39, 0.29) is 24.4 Å². The van der Waals surface area contributed by atoms with Crippen LogP contribution in [0.3, 0.4) is 0 Å². The first-order valence-electron chi connectivity index (χ1n) is 9.70. The molecular weight excluding hydrogens is 418 g/mol. The summed E-state index contributed by atoms with van der Waals surface area (Å²) in [5, 5.41) is 5.51. The van der Waals surface area contributed by atoms with Crippen molar-refractivity contribution in [3.63, 3.8) is 0 Å². The second-order valence-corrected chi connectivity index (χ2v) is 7.88. The molecule has 31 heavy (non-hydrogen) atoms. The molecule has 1 heterocycles. The van der Waals surface area contributed by atoms with E-state index in [4.69, 9.17) is 4.74 Å². The number of thioether (sulfide) groups is 1. The molecule has 162 valence electrons. The van der Waals surface area contributed by atoms with E-state index in [9.17, 15) is 19.2 Å². The van der Waals surface area contributed by atoms with E-state index in [0.29, 0.717) is 22.9 Å². The van der Waals surface area contributed by atoms with Gasteiger partial charge >= 0.3 is 5.97 Å². The Hall–Kier alpha value is -3.33. The summed E-state index contributed by atoms with van der Waals surface area (Å²) in [6, 6.07) is 15.9. The largest absolute Gasteiger partial charge is 0.454 e. The number of esters is 1. The Kier molecular flexibility index (Phi) is 7.66. The van der Waals surface area contributed by atoms with Gasteiger partial charge in [0, 0.05) is 0 Å². The van der Waals surface area contributed by atoms with Crippen LogP contribution >= 0.6 is 11.8 Å². The number of nitrogens with zero attached hydrogens (tertiary/aromatic N) is 1. The first-order valence-corrected chi connectivity index (χ1v) is 10.9. The number of carbonyl (C=O) groups is 4. The lowest BCUT2D eigenvalue weighted by Crippen LogP contribution is -2.34. The molecule has 0 aliphatic carbocycles. The summed E-state index contributed by atoms with van der Waals surface area (Å²) in [5.74, 6) is -0.926. The maximum Gasteiger partial charge on any atom is 0.326 e. The van der Waals surface area contributed by atoms with Crippen LogP contribution in [0.2, 0.25) is 0 Å². The minimum Gasteiger partial charge on any atom is -0.454 e. The average Bonchev–Trinajstić information content (AvgIpc) is 3.17. The van der Waals surface area contributed by atoms with Crippen LogP contribution in [0.5, 0.6) is 0 Å². The Morgan fingerprint density at radius 2 is 1.81 bits per heavy atom. The number of para-hydroxylation sites is 1. The van der Waals surface area contributed by atoms with Gasteiger partial charge in [0.2, 0.25) is 5.91 Å². The van der Waals surface area contributed by atoms with Crippen molar-refractivity contribution in [1.82, 2.24) is 10.2 Å². The minimum atomic E-state index is -0.659. The fraction of sp³-hybridized carbons (Fsp3) is 0.273. The fourth-order valence-corrected chi connectivity index (χ4v) is 3.87. The van der Waals surface area contributed by atoms with Crippen LogP contribution in [0.4, 0.5) is 5.69 Å². The zero-order valence-electron chi connectivity index (χ0n) is 17.0. The number of nitrogens with one attached hydrogen (secondary N) is 2. The van der Waals surface area contributed by atoms with Crippen molar-refractivity contribution >= 4 is 41.1 Å². The van der Waals surface area contributed by atoms with Crippen molar-refractivity contribution < 1.29 is 23.9 Å². The highest BCUT2D eigenvalue weighted by Crippen LogP contribution is 2.18. The lowest BCUT2D eigenvalue weighted by atomic mass is 10.1. The number of hydrogen-bond donors (Lipinski definition) is 2. The Balaban J connectivity index is 1.54. The Labute approximate surface area is 184 Å². The van der Waals surface area contributed by atoms with Gasteiger partial charge in [-0.1, -0.05) is 42.5 Å². The Morgan fingerprint density at radius 1 is 1.10 bits per heavy atom. The molecule has 0 bridgehead atoms. The normalized spacial score (nSPS) is 14.1. The Bertz CT molecular complexity index is 967. The number of ether oxygens (including phenoxy) is 1. The number of anilines is 1. The molecular formula is C22H23N3O5S. The third-order valence-corrected chi connectivity index (χ3v) is 5.55. The molecule has 1 fully saturated rings. The van der Waals surface area contributed by atoms with Crippen LogP contribution in [-0.2, 0) is 19.1 Å². The molecule has 3 amide bonds. The van der Waals surface area contributed by atoms with Crippen molar-refractivity contribution in [3.8, 4) is 0 Å². The van der Waals surface area contributed by atoms with Crippen LogP contribution in [0.25, 0.3) is 0 Å². The van der Waals surface area contributed by atoms with Gasteiger partial charge in [-0.2, -0.15) is 0 Å². The molecule has 1 saturated heterocycles. The summed E-state index contributed by atoms with van der Waals surface area (Å²) in [7, 11) is 0. The molecule has 9 heteroatoms. The molecule has 2 aromatic rings. The third-order valence-electron chi connectivity index (χ3n) is 4.60. The van der Waals surface area contributed by atoms with Crippen molar-refractivity contribution in [2.75, 3.05) is 30.1 Å². The van der Waals surface area contributed by atoms with Crippen molar-refractivity contribution in [1.29, 1.82) is 0 Å². The second-order valence-electron chi connectivity index (χ2n) is 6.93. The van der Waals surface area contributed by atoms with Crippen molar-refractivity contribution in [2.24, 2.45) is 0 Å². The first-order chi connectivity index (χ1) is 14.9. The maximum atomic E-state index is 12.7. The predicted molar refractivity (Wildman–Crippen MR) is 117 cm³/mol. The topological polar surface area (TPSA) is 105 Å². The lowest BCUT2D eigenvalue weighted by molar-refractivity contribution is -0.150. The van der Waals surface area contributed by atoms with Crippen LogP contribution in [0.1, 0.15) is 28.9 Å². The molecule has 1 aliphatic rings. The lowest BCUT2D eigenvalue weighted by Gasteiger charge is -2.16. The monoisotopic (exact) mass is 441 g/mol. The molecule has 1 atom stereocenters. The van der Waals surface area contributed by atoms with E-state index in [1.807, 2.05) is 37.3 Å². The van der Waals surface area contributed by atoms with Crippen LogP contribution in [0.15, 0.2) is 54.6 Å². The molecule has 0 aromatic heterocycles. The molecule has 2 N–H and O–H groups in total. The van der Waals surface area contributed by atoms with Gasteiger partial charge in [-0.25, -0.2) is 0 Å². The van der Waals surface area contributed by atoms with Gasteiger partial charge in [-0.3, -0.25) is 19.2 Å². The fourth-order valence-electron chi connectivity index (χ4n) is 2.96. The summed E-state index contributed by atoms with van der Waals surface area (Å²) in [6.07, 6.45) is 0. The molecule has 1 aliphatic heterocycles. The third kappa shape index (κ3) is 6.32. The van der Waals surface area contributed by atoms with Gasteiger partial charge in [-0.15, -0.1) is 11.8 Å². The molecule has 2 aromatic carbocycles. The van der Waals surface area contributed by atoms with Crippen LogP contribution < -0.4 is 10.6 Å². The quantitative estimate of drug-likeness (QED) is 0.609. The van der Waals surface area contributed by atoms with Gasteiger partial charge in [0.05, 0.1) is 28.9 Å². The molecule has 0 radical (unpaired) electrons. The SMILES string of the molecule is CC(NC(=O)c1ccccc1NC(=O)COC(=O)CN1CSCC1=O)c1ccccc1. The number of benzene rings is 2. The molecule has 0 saturated carbocycles. The number of carbonyl (C=O) groups excluding carboxylic acids is 4. The van der Waals surface area contributed by atoms with Gasteiger partial charge in [0.15, 0.2) is 6.61 Å². The highest BCUT2D eigenvalue weighted by Gasteiger charge is 2.24. The molecule has 0 spiro atoms. The van der Waals surface area contributed by atoms with Crippen LogP contribution in [0, 0.1) is 0 Å². The van der Waals surface area contributed by atoms with E-state index < -0.39 is 18.5 Å². The average molecular weight is 442 g/mol. The van der Waals surface area contributed by atoms with Crippen molar-refractivity contribution in [2.45, 2.75) is 13.0 Å². The summed E-state index contributed by atoms with van der Waals surface area (Å²) in [6.45, 7) is 1.18. The molecule has 3 rings (SSSR count). The van der Waals surface area contributed by atoms with Crippen LogP contribution in [-0.4, -0.2) is 53.4 Å². The highest BCUT2D eigenvalue weighted by molar-refractivity contribution is 8.00. The number of amides is 3.